The molecule has 1 aromatic rings. The second kappa shape index (κ2) is 6.70. The molecule has 0 aromatic heterocycles. The molecule has 0 unspecified atom stereocenters. The van der Waals surface area contributed by atoms with E-state index in [2.05, 4.69) is 13.5 Å². The Labute approximate surface area is 126 Å². The molecule has 0 saturated heterocycles. The predicted molar refractivity (Wildman–Crippen MR) is 82.2 cm³/mol. The van der Waals surface area contributed by atoms with Crippen molar-refractivity contribution in [2.75, 3.05) is 7.11 Å². The van der Waals surface area contributed by atoms with Gasteiger partial charge in [0, 0.05) is 5.56 Å². The number of methoxy groups -OCH3 is 1. The molecule has 0 bridgehead atoms. The summed E-state index contributed by atoms with van der Waals surface area (Å²) in [6, 6.07) is 7.65. The third-order valence-corrected chi connectivity index (χ3v) is 4.52. The van der Waals surface area contributed by atoms with Crippen molar-refractivity contribution < 1.29 is 14.3 Å². The lowest BCUT2D eigenvalue weighted by atomic mass is 9.69. The molecule has 3 atom stereocenters. The summed E-state index contributed by atoms with van der Waals surface area (Å²) in [5.41, 5.74) is 3.00. The molecule has 3 heteroatoms. The number of allylic oxidation sites excluding steroid dienone is 1. The zero-order chi connectivity index (χ0) is 15.4. The molecule has 112 valence electrons. The van der Waals surface area contributed by atoms with Gasteiger partial charge in [0.2, 0.25) is 0 Å². The van der Waals surface area contributed by atoms with E-state index in [-0.39, 0.29) is 17.8 Å². The lowest BCUT2D eigenvalue weighted by Gasteiger charge is -2.36. The number of benzene rings is 1. The van der Waals surface area contributed by atoms with Crippen LogP contribution in [0.1, 0.15) is 48.0 Å². The fourth-order valence-electron chi connectivity index (χ4n) is 3.33. The van der Waals surface area contributed by atoms with Crippen LogP contribution >= 0.6 is 0 Å². The quantitative estimate of drug-likeness (QED) is 0.481. The number of carbonyl (C=O) groups is 2. The first-order chi connectivity index (χ1) is 10.1. The molecule has 2 rings (SSSR count). The Morgan fingerprint density at radius 1 is 1.29 bits per heavy atom. The zero-order valence-corrected chi connectivity index (χ0v) is 12.7. The van der Waals surface area contributed by atoms with Crippen LogP contribution in [0.2, 0.25) is 0 Å². The maximum absolute atomic E-state index is 11.8. The van der Waals surface area contributed by atoms with Crippen molar-refractivity contribution in [1.82, 2.24) is 0 Å². The summed E-state index contributed by atoms with van der Waals surface area (Å²) in [7, 11) is 1.45. The fraction of sp³-hybridized carbons (Fsp3) is 0.444. The van der Waals surface area contributed by atoms with E-state index in [9.17, 15) is 9.59 Å². The number of hydrogen-bond donors (Lipinski definition) is 0. The third kappa shape index (κ3) is 3.41. The van der Waals surface area contributed by atoms with Crippen LogP contribution in [0.3, 0.4) is 0 Å². The highest BCUT2D eigenvalue weighted by Crippen LogP contribution is 2.43. The first kappa shape index (κ1) is 15.5. The summed E-state index contributed by atoms with van der Waals surface area (Å²) >= 11 is 0. The number of hydrogen-bond acceptors (Lipinski definition) is 3. The molecule has 1 aromatic carbocycles. The highest BCUT2D eigenvalue weighted by atomic mass is 16.5. The van der Waals surface area contributed by atoms with Crippen molar-refractivity contribution in [3.05, 3.63) is 47.5 Å². The van der Waals surface area contributed by atoms with E-state index >= 15 is 0 Å². The normalized spacial score (nSPS) is 25.1. The lowest BCUT2D eigenvalue weighted by Crippen LogP contribution is -2.29. The Kier molecular flexibility index (Phi) is 4.94. The van der Waals surface area contributed by atoms with Gasteiger partial charge in [-0.25, -0.2) is 0 Å². The van der Waals surface area contributed by atoms with Gasteiger partial charge < -0.3 is 4.74 Å². The minimum Gasteiger partial charge on any atom is -0.469 e. The van der Waals surface area contributed by atoms with Crippen molar-refractivity contribution in [3.8, 4) is 0 Å². The summed E-state index contributed by atoms with van der Waals surface area (Å²) in [6.07, 6.45) is 3.44. The standard InChI is InChI=1S/C18H22O3/c1-12(2)16-9-8-15(18(20)21-3)10-17(16)14-6-4-13(11-19)5-7-14/h4-7,11,15-17H,1,8-10H2,2-3H3/t15-,16+,17+/m1/s1. The maximum Gasteiger partial charge on any atom is 0.308 e. The Morgan fingerprint density at radius 2 is 1.95 bits per heavy atom. The minimum absolute atomic E-state index is 0.0404. The van der Waals surface area contributed by atoms with Gasteiger partial charge >= 0.3 is 5.97 Å². The van der Waals surface area contributed by atoms with E-state index < -0.39 is 0 Å². The van der Waals surface area contributed by atoms with Gasteiger partial charge in [0.25, 0.3) is 0 Å². The van der Waals surface area contributed by atoms with Gasteiger partial charge in [0.1, 0.15) is 6.29 Å². The average molecular weight is 286 g/mol. The van der Waals surface area contributed by atoms with Crippen molar-refractivity contribution >= 4 is 12.3 Å². The largest absolute Gasteiger partial charge is 0.469 e. The molecule has 0 N–H and O–H groups in total. The first-order valence-electron chi connectivity index (χ1n) is 7.35. The third-order valence-electron chi connectivity index (χ3n) is 4.52. The second-order valence-electron chi connectivity index (χ2n) is 5.88. The van der Waals surface area contributed by atoms with Crippen LogP contribution in [0, 0.1) is 11.8 Å². The molecule has 0 radical (unpaired) electrons. The summed E-state index contributed by atoms with van der Waals surface area (Å²) in [5, 5.41) is 0. The highest BCUT2D eigenvalue weighted by Gasteiger charge is 2.35. The van der Waals surface area contributed by atoms with Crippen LogP contribution in [0.4, 0.5) is 0 Å². The van der Waals surface area contributed by atoms with Gasteiger partial charge in [-0.15, -0.1) is 0 Å². The van der Waals surface area contributed by atoms with E-state index in [1.165, 1.54) is 12.7 Å². The van der Waals surface area contributed by atoms with Gasteiger partial charge in [-0.2, -0.15) is 0 Å². The number of ether oxygens (including phenoxy) is 1. The van der Waals surface area contributed by atoms with Gasteiger partial charge in [0.15, 0.2) is 0 Å². The average Bonchev–Trinajstić information content (AvgIpc) is 2.53. The number of carbonyl (C=O) groups excluding carboxylic acids is 2. The SMILES string of the molecule is C=C(C)[C@@H]1CC[C@@H](C(=O)OC)C[C@H]1c1ccc(C=O)cc1. The van der Waals surface area contributed by atoms with E-state index in [0.717, 1.165) is 31.1 Å². The molecular weight excluding hydrogens is 264 g/mol. The summed E-state index contributed by atoms with van der Waals surface area (Å²) in [5.74, 6) is 0.486. The Bertz CT molecular complexity index is 530. The number of aldehydes is 1. The maximum atomic E-state index is 11.8. The molecular formula is C18H22O3. The first-order valence-corrected chi connectivity index (χ1v) is 7.35. The van der Waals surface area contributed by atoms with Gasteiger partial charge in [-0.3, -0.25) is 9.59 Å². The second-order valence-corrected chi connectivity index (χ2v) is 5.88. The topological polar surface area (TPSA) is 43.4 Å². The molecule has 0 amide bonds. The Balaban J connectivity index is 2.26. The molecule has 1 fully saturated rings. The smallest absolute Gasteiger partial charge is 0.308 e. The molecule has 0 heterocycles. The molecule has 21 heavy (non-hydrogen) atoms. The van der Waals surface area contributed by atoms with Crippen LogP contribution in [0.15, 0.2) is 36.4 Å². The molecule has 1 aliphatic rings. The van der Waals surface area contributed by atoms with Crippen LogP contribution in [-0.2, 0) is 9.53 Å². The zero-order valence-electron chi connectivity index (χ0n) is 12.7. The van der Waals surface area contributed by atoms with Crippen molar-refractivity contribution in [2.24, 2.45) is 11.8 Å². The molecule has 3 nitrogen and oxygen atoms in total. The molecule has 0 aliphatic heterocycles. The fourth-order valence-corrected chi connectivity index (χ4v) is 3.33. The van der Waals surface area contributed by atoms with Crippen LogP contribution in [-0.4, -0.2) is 19.4 Å². The Hall–Kier alpha value is -1.90. The van der Waals surface area contributed by atoms with E-state index in [0.29, 0.717) is 11.5 Å². The number of esters is 1. The van der Waals surface area contributed by atoms with Crippen LogP contribution in [0.25, 0.3) is 0 Å². The summed E-state index contributed by atoms with van der Waals surface area (Å²) < 4.78 is 4.90. The van der Waals surface area contributed by atoms with Crippen LogP contribution in [0.5, 0.6) is 0 Å². The van der Waals surface area contributed by atoms with Crippen molar-refractivity contribution in [2.45, 2.75) is 32.1 Å². The van der Waals surface area contributed by atoms with Gasteiger partial charge in [-0.05, 0) is 43.6 Å². The van der Waals surface area contributed by atoms with E-state index in [4.69, 9.17) is 4.74 Å². The van der Waals surface area contributed by atoms with E-state index in [1.54, 1.807) is 0 Å². The lowest BCUT2D eigenvalue weighted by molar-refractivity contribution is -0.147. The predicted octanol–water partition coefficient (Wildman–Crippen LogP) is 3.75. The number of rotatable bonds is 4. The molecule has 1 aliphatic carbocycles. The van der Waals surface area contributed by atoms with Gasteiger partial charge in [0.05, 0.1) is 13.0 Å². The molecule has 1 saturated carbocycles. The van der Waals surface area contributed by atoms with Crippen molar-refractivity contribution in [1.29, 1.82) is 0 Å². The molecule has 0 spiro atoms. The van der Waals surface area contributed by atoms with Crippen LogP contribution < -0.4 is 0 Å². The summed E-state index contributed by atoms with van der Waals surface area (Å²) in [4.78, 5) is 22.6. The van der Waals surface area contributed by atoms with E-state index in [1.807, 2.05) is 24.3 Å². The minimum atomic E-state index is -0.121. The summed E-state index contributed by atoms with van der Waals surface area (Å²) in [6.45, 7) is 6.16. The van der Waals surface area contributed by atoms with Crippen molar-refractivity contribution in [3.63, 3.8) is 0 Å². The highest BCUT2D eigenvalue weighted by molar-refractivity contribution is 5.75. The van der Waals surface area contributed by atoms with Gasteiger partial charge in [-0.1, -0.05) is 36.4 Å². The monoisotopic (exact) mass is 286 g/mol. The Morgan fingerprint density at radius 3 is 2.48 bits per heavy atom.